The van der Waals surface area contributed by atoms with Gasteiger partial charge in [0.05, 0.1) is 42.0 Å². The highest BCUT2D eigenvalue weighted by atomic mass is 19.1. The molecular formula is C37H39F3N6O3. The first kappa shape index (κ1) is 35.2. The van der Waals surface area contributed by atoms with Gasteiger partial charge in [-0.05, 0) is 55.1 Å². The molecule has 1 aliphatic rings. The number of rotatable bonds is 14. The molecular weight excluding hydrogens is 633 g/mol. The minimum Gasteiger partial charge on any atom is -0.473 e. The molecule has 0 amide bonds. The molecule has 0 aliphatic carbocycles. The van der Waals surface area contributed by atoms with Gasteiger partial charge in [-0.25, -0.2) is 18.2 Å². The van der Waals surface area contributed by atoms with Crippen LogP contribution in [0.4, 0.5) is 24.5 Å². The van der Waals surface area contributed by atoms with Crippen molar-refractivity contribution in [1.82, 2.24) is 15.3 Å². The van der Waals surface area contributed by atoms with Crippen LogP contribution in [-0.2, 0) is 17.8 Å². The van der Waals surface area contributed by atoms with E-state index in [1.54, 1.807) is 43.6 Å². The summed E-state index contributed by atoms with van der Waals surface area (Å²) in [6.45, 7) is 9.07. The molecule has 9 nitrogen and oxygen atoms in total. The Morgan fingerprint density at radius 1 is 1.14 bits per heavy atom. The highest BCUT2D eigenvalue weighted by Crippen LogP contribution is 2.39. The number of nitrogens with one attached hydrogen (secondary N) is 1. The average molecular weight is 673 g/mol. The van der Waals surface area contributed by atoms with Gasteiger partial charge in [0.1, 0.15) is 30.3 Å². The molecule has 1 unspecified atom stereocenters. The first-order valence-electron chi connectivity index (χ1n) is 15.8. The number of halogens is 3. The summed E-state index contributed by atoms with van der Waals surface area (Å²) in [5.74, 6) is -1.70. The summed E-state index contributed by atoms with van der Waals surface area (Å²) >= 11 is 0. The Morgan fingerprint density at radius 2 is 1.94 bits per heavy atom. The topological polar surface area (TPSA) is 115 Å². The first-order valence-corrected chi connectivity index (χ1v) is 15.8. The van der Waals surface area contributed by atoms with Crippen molar-refractivity contribution < 1.29 is 27.4 Å². The van der Waals surface area contributed by atoms with Crippen molar-refractivity contribution in [1.29, 1.82) is 0 Å². The number of carbonyl (C=O) groups is 1. The largest absolute Gasteiger partial charge is 0.473 e. The fraction of sp³-hybridized carbons (Fsp3) is 0.297. The van der Waals surface area contributed by atoms with E-state index >= 15 is 8.78 Å². The highest BCUT2D eigenvalue weighted by molar-refractivity contribution is 5.82. The van der Waals surface area contributed by atoms with Crippen LogP contribution in [0.15, 0.2) is 72.0 Å². The number of carbonyl (C=O) groups excluding carboxylic acids is 1. The number of anilines is 1. The van der Waals surface area contributed by atoms with Crippen LogP contribution >= 0.6 is 0 Å². The number of aldehydes is 1. The average Bonchev–Trinajstić information content (AvgIpc) is 3.46. The maximum atomic E-state index is 15.6. The van der Waals surface area contributed by atoms with Gasteiger partial charge in [-0.3, -0.25) is 14.8 Å². The monoisotopic (exact) mass is 672 g/mol. The normalized spacial score (nSPS) is 15.6. The van der Waals surface area contributed by atoms with Crippen LogP contribution in [0.3, 0.4) is 0 Å². The summed E-state index contributed by atoms with van der Waals surface area (Å²) in [6, 6.07) is 13.2. The van der Waals surface area contributed by atoms with Gasteiger partial charge in [-0.1, -0.05) is 19.9 Å². The van der Waals surface area contributed by atoms with Crippen molar-refractivity contribution in [2.75, 3.05) is 38.3 Å². The van der Waals surface area contributed by atoms with Crippen molar-refractivity contribution >= 4 is 30.0 Å². The third kappa shape index (κ3) is 7.98. The quantitative estimate of drug-likeness (QED) is 0.119. The number of aromatic nitrogens is 2. The van der Waals surface area contributed by atoms with Crippen molar-refractivity contribution in [3.8, 4) is 17.1 Å². The molecule has 2 aromatic carbocycles. The summed E-state index contributed by atoms with van der Waals surface area (Å²) < 4.78 is 57.6. The van der Waals surface area contributed by atoms with Crippen molar-refractivity contribution in [3.63, 3.8) is 0 Å². The lowest BCUT2D eigenvalue weighted by atomic mass is 9.86. The van der Waals surface area contributed by atoms with Gasteiger partial charge in [0, 0.05) is 72.3 Å². The highest BCUT2D eigenvalue weighted by Gasteiger charge is 2.40. The van der Waals surface area contributed by atoms with Crippen molar-refractivity contribution in [3.05, 3.63) is 107 Å². The van der Waals surface area contributed by atoms with Gasteiger partial charge >= 0.3 is 0 Å². The fourth-order valence-corrected chi connectivity index (χ4v) is 5.86. The molecule has 1 saturated heterocycles. The van der Waals surface area contributed by atoms with Gasteiger partial charge < -0.3 is 25.4 Å². The zero-order valence-corrected chi connectivity index (χ0v) is 27.7. The van der Waals surface area contributed by atoms with Crippen molar-refractivity contribution in [2.24, 2.45) is 16.1 Å². The van der Waals surface area contributed by atoms with E-state index in [9.17, 15) is 9.18 Å². The Bertz CT molecular complexity index is 1870. The molecule has 4 aromatic rings. The van der Waals surface area contributed by atoms with Gasteiger partial charge in [0.2, 0.25) is 5.88 Å². The predicted octanol–water partition coefficient (Wildman–Crippen LogP) is 6.28. The van der Waals surface area contributed by atoms with E-state index in [0.717, 1.165) is 12.4 Å². The molecule has 5 rings (SSSR count). The summed E-state index contributed by atoms with van der Waals surface area (Å²) in [6.07, 6.45) is 3.91. The number of hydrogen-bond donors (Lipinski definition) is 2. The predicted molar refractivity (Wildman–Crippen MR) is 185 cm³/mol. The number of hydrogen-bond acceptors (Lipinski definition) is 9. The second-order valence-electron chi connectivity index (χ2n) is 12.4. The number of aliphatic imine (C=N–C) groups is 1. The minimum atomic E-state index is -0.662. The molecule has 1 fully saturated rings. The van der Waals surface area contributed by atoms with Crippen LogP contribution in [0.1, 0.15) is 41.0 Å². The number of pyridine rings is 2. The van der Waals surface area contributed by atoms with Crippen LogP contribution in [-0.4, -0.2) is 62.4 Å². The van der Waals surface area contributed by atoms with Gasteiger partial charge in [-0.15, -0.1) is 0 Å². The van der Waals surface area contributed by atoms with Gasteiger partial charge in [0.25, 0.3) is 0 Å². The van der Waals surface area contributed by atoms with E-state index in [1.165, 1.54) is 24.4 Å². The third-order valence-corrected chi connectivity index (χ3v) is 8.57. The lowest BCUT2D eigenvalue weighted by Gasteiger charge is -2.38. The van der Waals surface area contributed by atoms with E-state index in [0.29, 0.717) is 48.0 Å². The minimum absolute atomic E-state index is 0.0476. The second-order valence-corrected chi connectivity index (χ2v) is 12.4. The van der Waals surface area contributed by atoms with E-state index in [4.69, 9.17) is 15.2 Å². The maximum absolute atomic E-state index is 15.6. The SMILES string of the molecule is C=Nc1ccc(C=O)cc1N(CCc1cc(F)c(-c2cccc(OCc3cnc(/C(=C/NC)CN)cc3F)n2)cc1F)C1COCC1(C)C. The third-order valence-electron chi connectivity index (χ3n) is 8.57. The summed E-state index contributed by atoms with van der Waals surface area (Å²) in [5.41, 5.74) is 8.66. The molecule has 0 saturated carbocycles. The zero-order valence-electron chi connectivity index (χ0n) is 27.7. The lowest BCUT2D eigenvalue weighted by Crippen LogP contribution is -2.46. The van der Waals surface area contributed by atoms with E-state index < -0.39 is 17.5 Å². The fourth-order valence-electron chi connectivity index (χ4n) is 5.86. The maximum Gasteiger partial charge on any atom is 0.214 e. The van der Waals surface area contributed by atoms with Crippen LogP contribution in [0, 0.1) is 22.9 Å². The first-order chi connectivity index (χ1) is 23.6. The van der Waals surface area contributed by atoms with Crippen molar-refractivity contribution in [2.45, 2.75) is 32.9 Å². The number of benzene rings is 2. The van der Waals surface area contributed by atoms with Crippen LogP contribution in [0.5, 0.6) is 5.88 Å². The van der Waals surface area contributed by atoms with Crippen LogP contribution in [0.2, 0.25) is 0 Å². The summed E-state index contributed by atoms with van der Waals surface area (Å²) in [4.78, 5) is 26.4. The Kier molecular flexibility index (Phi) is 11.1. The number of ether oxygens (including phenoxy) is 2. The summed E-state index contributed by atoms with van der Waals surface area (Å²) in [7, 11) is 1.71. The molecule has 1 aliphatic heterocycles. The molecule has 3 heterocycles. The molecule has 1 atom stereocenters. The Balaban J connectivity index is 1.34. The van der Waals surface area contributed by atoms with Crippen LogP contribution in [0.25, 0.3) is 16.8 Å². The summed E-state index contributed by atoms with van der Waals surface area (Å²) in [5, 5.41) is 2.86. The molecule has 0 spiro atoms. The molecule has 49 heavy (non-hydrogen) atoms. The number of nitrogens with two attached hydrogens (primary N) is 1. The van der Waals surface area contributed by atoms with E-state index in [1.807, 2.05) is 4.90 Å². The van der Waals surface area contributed by atoms with E-state index in [-0.39, 0.29) is 59.3 Å². The Labute approximate surface area is 283 Å². The molecule has 12 heteroatoms. The Morgan fingerprint density at radius 3 is 2.61 bits per heavy atom. The molecule has 3 N–H and O–H groups in total. The molecule has 256 valence electrons. The van der Waals surface area contributed by atoms with Crippen LogP contribution < -0.4 is 20.7 Å². The van der Waals surface area contributed by atoms with Gasteiger partial charge in [0.15, 0.2) is 0 Å². The lowest BCUT2D eigenvalue weighted by molar-refractivity contribution is 0.112. The zero-order chi connectivity index (χ0) is 35.1. The van der Waals surface area contributed by atoms with Gasteiger partial charge in [-0.2, -0.15) is 0 Å². The smallest absolute Gasteiger partial charge is 0.214 e. The second kappa shape index (κ2) is 15.4. The standard InChI is InChI=1S/C37H39F3N6O3/c1-37(2)22-48-21-35(37)46(34-12-23(19-47)8-9-32(34)43-4)11-10-24-13-30(40)27(14-28(24)38)31-6-5-7-36(45-31)49-20-26-18-44-33(15-29(26)39)25(16-41)17-42-3/h5-9,12-15,17-19,35,42H,4,10-11,16,20-22,41H2,1-3H3/b25-17+. The molecule has 2 aromatic heterocycles. The number of nitrogens with zero attached hydrogens (tertiary/aromatic N) is 4. The molecule has 0 bridgehead atoms. The molecule has 0 radical (unpaired) electrons. The van der Waals surface area contributed by atoms with E-state index in [2.05, 4.69) is 40.8 Å². The Hall–Kier alpha value is -5.07.